The van der Waals surface area contributed by atoms with E-state index in [0.717, 1.165) is 12.2 Å². The molecule has 0 rings (SSSR count). The van der Waals surface area contributed by atoms with E-state index in [1.165, 1.54) is 0 Å². The van der Waals surface area contributed by atoms with Crippen molar-refractivity contribution in [3.63, 3.8) is 0 Å². The van der Waals surface area contributed by atoms with Gasteiger partial charge in [0.2, 0.25) is 0 Å². The van der Waals surface area contributed by atoms with E-state index in [1.807, 2.05) is 0 Å². The Kier molecular flexibility index (Phi) is 4.96. The van der Waals surface area contributed by atoms with Crippen molar-refractivity contribution < 1.29 is 4.79 Å². The molecular weight excluding hydrogens is 121 g/mol. The standard InChI is InChI=1S/C4H8BNOS/c5-4(7)6-2-1-3-8/h8H,1-3H2,(H,6,7). The molecule has 0 atom stereocenters. The van der Waals surface area contributed by atoms with E-state index in [9.17, 15) is 4.79 Å². The van der Waals surface area contributed by atoms with Crippen LogP contribution in [-0.4, -0.2) is 26.0 Å². The van der Waals surface area contributed by atoms with Crippen LogP contribution in [0.5, 0.6) is 0 Å². The molecule has 0 saturated heterocycles. The zero-order chi connectivity index (χ0) is 6.41. The summed E-state index contributed by atoms with van der Waals surface area (Å²) in [5.74, 6) is 0.312. The molecule has 0 aliphatic rings. The molecule has 0 saturated carbocycles. The maximum Gasteiger partial charge on any atom is 0.200 e. The van der Waals surface area contributed by atoms with Gasteiger partial charge in [0.1, 0.15) is 0 Å². The molecule has 2 radical (unpaired) electrons. The molecule has 0 bridgehead atoms. The molecule has 0 aromatic heterocycles. The fraction of sp³-hybridized carbons (Fsp3) is 0.750. The first-order valence-electron chi connectivity index (χ1n) is 2.41. The monoisotopic (exact) mass is 129 g/mol. The molecule has 0 aromatic carbocycles. The Morgan fingerprint density at radius 1 is 1.75 bits per heavy atom. The number of hydrogen-bond donors (Lipinski definition) is 2. The summed E-state index contributed by atoms with van der Waals surface area (Å²) in [6, 6.07) is 0. The van der Waals surface area contributed by atoms with E-state index < -0.39 is 5.81 Å². The molecule has 44 valence electrons. The molecule has 2 nitrogen and oxygen atoms in total. The van der Waals surface area contributed by atoms with Crippen molar-refractivity contribution >= 4 is 26.3 Å². The Labute approximate surface area is 55.9 Å². The minimum atomic E-state index is -0.466. The van der Waals surface area contributed by atoms with Crippen molar-refractivity contribution in [3.05, 3.63) is 0 Å². The lowest BCUT2D eigenvalue weighted by Crippen LogP contribution is -2.22. The first kappa shape index (κ1) is 7.88. The number of rotatable bonds is 3. The van der Waals surface area contributed by atoms with E-state index in [0.29, 0.717) is 6.54 Å². The second-order valence-corrected chi connectivity index (χ2v) is 1.82. The van der Waals surface area contributed by atoms with Crippen molar-refractivity contribution in [1.29, 1.82) is 0 Å². The predicted molar refractivity (Wildman–Crippen MR) is 37.6 cm³/mol. The molecule has 0 aliphatic carbocycles. The summed E-state index contributed by atoms with van der Waals surface area (Å²) in [6.07, 6.45) is 0.867. The first-order valence-corrected chi connectivity index (χ1v) is 3.05. The van der Waals surface area contributed by atoms with Crippen LogP contribution in [0, 0.1) is 0 Å². The summed E-state index contributed by atoms with van der Waals surface area (Å²) in [5.41, 5.74) is 0. The third-order valence-electron chi connectivity index (χ3n) is 0.634. The fourth-order valence-electron chi connectivity index (χ4n) is 0.291. The van der Waals surface area contributed by atoms with Crippen molar-refractivity contribution in [3.8, 4) is 0 Å². The highest BCUT2D eigenvalue weighted by Gasteiger charge is 1.85. The quantitative estimate of drug-likeness (QED) is 0.317. The lowest BCUT2D eigenvalue weighted by molar-refractivity contribution is 0.259. The Morgan fingerprint density at radius 2 is 2.38 bits per heavy atom. The molecule has 0 unspecified atom stereocenters. The van der Waals surface area contributed by atoms with Crippen molar-refractivity contribution in [2.75, 3.05) is 12.3 Å². The summed E-state index contributed by atoms with van der Waals surface area (Å²) >= 11 is 3.93. The first-order chi connectivity index (χ1) is 3.77. The van der Waals surface area contributed by atoms with Crippen molar-refractivity contribution in [2.45, 2.75) is 6.42 Å². The van der Waals surface area contributed by atoms with Crippen LogP contribution in [0.4, 0.5) is 4.79 Å². The number of thiol groups is 1. The highest BCUT2D eigenvalue weighted by molar-refractivity contribution is 7.80. The lowest BCUT2D eigenvalue weighted by atomic mass is 10.1. The van der Waals surface area contributed by atoms with E-state index >= 15 is 0 Å². The highest BCUT2D eigenvalue weighted by Crippen LogP contribution is 1.78. The van der Waals surface area contributed by atoms with E-state index in [2.05, 4.69) is 17.9 Å². The van der Waals surface area contributed by atoms with Gasteiger partial charge >= 0.3 is 0 Å². The molecular formula is C4H8BNOS. The molecule has 0 aliphatic heterocycles. The summed E-state index contributed by atoms with van der Waals surface area (Å²) < 4.78 is 0. The minimum Gasteiger partial charge on any atom is -0.366 e. The smallest absolute Gasteiger partial charge is 0.200 e. The molecule has 0 spiro atoms. The van der Waals surface area contributed by atoms with Crippen LogP contribution in [0.3, 0.4) is 0 Å². The summed E-state index contributed by atoms with van der Waals surface area (Å²) in [7, 11) is 4.76. The largest absolute Gasteiger partial charge is 0.366 e. The van der Waals surface area contributed by atoms with Crippen molar-refractivity contribution in [2.24, 2.45) is 0 Å². The van der Waals surface area contributed by atoms with Crippen LogP contribution < -0.4 is 5.32 Å². The number of carbonyl (C=O) groups excluding carboxylic acids is 1. The number of carbonyl (C=O) groups is 1. The predicted octanol–water partition coefficient (Wildman–Crippen LogP) is 0.184. The zero-order valence-corrected chi connectivity index (χ0v) is 5.45. The Balaban J connectivity index is 2.82. The Bertz CT molecular complexity index is 78.4. The van der Waals surface area contributed by atoms with Crippen LogP contribution in [0.2, 0.25) is 0 Å². The van der Waals surface area contributed by atoms with Gasteiger partial charge in [0, 0.05) is 6.54 Å². The number of hydrogen-bond acceptors (Lipinski definition) is 2. The lowest BCUT2D eigenvalue weighted by Gasteiger charge is -1.96. The third kappa shape index (κ3) is 5.88. The Hall–Kier alpha value is -0.115. The topological polar surface area (TPSA) is 29.1 Å². The van der Waals surface area contributed by atoms with E-state index in [4.69, 9.17) is 7.85 Å². The van der Waals surface area contributed by atoms with Crippen LogP contribution in [-0.2, 0) is 0 Å². The summed E-state index contributed by atoms with van der Waals surface area (Å²) in [6.45, 7) is 0.624. The second kappa shape index (κ2) is 5.03. The van der Waals surface area contributed by atoms with Gasteiger partial charge in [-0.1, -0.05) is 0 Å². The highest BCUT2D eigenvalue weighted by atomic mass is 32.1. The maximum atomic E-state index is 9.96. The molecule has 8 heavy (non-hydrogen) atoms. The summed E-state index contributed by atoms with van der Waals surface area (Å²) in [5, 5.41) is 2.44. The zero-order valence-electron chi connectivity index (χ0n) is 4.55. The van der Waals surface area contributed by atoms with Crippen LogP contribution in [0.25, 0.3) is 0 Å². The molecule has 0 fully saturated rings. The SMILES string of the molecule is [B]C(=O)NCCCS. The van der Waals surface area contributed by atoms with Gasteiger partial charge in [-0.05, 0) is 12.2 Å². The second-order valence-electron chi connectivity index (χ2n) is 1.37. The molecule has 0 aromatic rings. The number of amides is 1. The van der Waals surface area contributed by atoms with E-state index in [-0.39, 0.29) is 0 Å². The number of nitrogens with one attached hydrogen (secondary N) is 1. The average molecular weight is 129 g/mol. The molecule has 1 amide bonds. The fourth-order valence-corrected chi connectivity index (χ4v) is 0.449. The minimum absolute atomic E-state index is 0.466. The van der Waals surface area contributed by atoms with Gasteiger partial charge in [-0.2, -0.15) is 12.6 Å². The normalized spacial score (nSPS) is 8.62. The molecule has 0 heterocycles. The van der Waals surface area contributed by atoms with Crippen molar-refractivity contribution in [1.82, 2.24) is 5.32 Å². The molecule has 1 N–H and O–H groups in total. The van der Waals surface area contributed by atoms with Gasteiger partial charge in [-0.15, -0.1) is 0 Å². The molecule has 4 heteroatoms. The van der Waals surface area contributed by atoms with Gasteiger partial charge in [-0.25, -0.2) is 0 Å². The third-order valence-corrected chi connectivity index (χ3v) is 0.950. The van der Waals surface area contributed by atoms with Gasteiger partial charge in [0.05, 0.1) is 0 Å². The van der Waals surface area contributed by atoms with Crippen LogP contribution in [0.1, 0.15) is 6.42 Å². The van der Waals surface area contributed by atoms with Crippen LogP contribution >= 0.6 is 12.6 Å². The van der Waals surface area contributed by atoms with Gasteiger partial charge in [-0.3, -0.25) is 4.79 Å². The van der Waals surface area contributed by atoms with Crippen LogP contribution in [0.15, 0.2) is 0 Å². The van der Waals surface area contributed by atoms with Gasteiger partial charge in [0.15, 0.2) is 13.7 Å². The van der Waals surface area contributed by atoms with E-state index in [1.54, 1.807) is 0 Å². The van der Waals surface area contributed by atoms with Gasteiger partial charge in [0.25, 0.3) is 0 Å². The Morgan fingerprint density at radius 3 is 2.75 bits per heavy atom. The summed E-state index contributed by atoms with van der Waals surface area (Å²) in [4.78, 5) is 9.96. The maximum absolute atomic E-state index is 9.96. The van der Waals surface area contributed by atoms with Gasteiger partial charge < -0.3 is 5.32 Å². The average Bonchev–Trinajstić information content (AvgIpc) is 1.66.